The highest BCUT2D eigenvalue weighted by Crippen LogP contribution is 2.67. The number of rotatable bonds is 7. The molecule has 4 N–H and O–H groups in total. The van der Waals surface area contributed by atoms with Crippen molar-refractivity contribution in [2.75, 3.05) is 13.1 Å². The number of hydrogen-bond acceptors (Lipinski definition) is 2. The van der Waals surface area contributed by atoms with Crippen LogP contribution in [-0.2, 0) is 0 Å². The minimum absolute atomic E-state index is 0.426. The van der Waals surface area contributed by atoms with Crippen molar-refractivity contribution in [2.24, 2.45) is 39.5 Å². The monoisotopic (exact) mass is 336 g/mol. The zero-order chi connectivity index (χ0) is 17.8. The predicted molar refractivity (Wildman–Crippen MR) is 106 cm³/mol. The van der Waals surface area contributed by atoms with Crippen LogP contribution in [-0.4, -0.2) is 13.1 Å². The predicted octanol–water partition coefficient (Wildman–Crippen LogP) is 5.49. The molecule has 2 aliphatic carbocycles. The van der Waals surface area contributed by atoms with Gasteiger partial charge < -0.3 is 11.5 Å². The smallest absolute Gasteiger partial charge is 0.00771 e. The second-order valence-corrected chi connectivity index (χ2v) is 9.91. The lowest BCUT2D eigenvalue weighted by Gasteiger charge is -2.64. The molecule has 0 aromatic heterocycles. The van der Waals surface area contributed by atoms with Gasteiger partial charge in [0, 0.05) is 0 Å². The highest BCUT2D eigenvalue weighted by molar-refractivity contribution is 5.08. The van der Waals surface area contributed by atoms with Crippen LogP contribution in [0.1, 0.15) is 98.3 Å². The molecular formula is C22H44N2. The third kappa shape index (κ3) is 3.56. The van der Waals surface area contributed by atoms with Crippen molar-refractivity contribution < 1.29 is 0 Å². The van der Waals surface area contributed by atoms with Crippen molar-refractivity contribution in [3.8, 4) is 0 Å². The van der Waals surface area contributed by atoms with Gasteiger partial charge in [-0.2, -0.15) is 0 Å². The van der Waals surface area contributed by atoms with E-state index < -0.39 is 0 Å². The van der Waals surface area contributed by atoms with E-state index in [1.165, 1.54) is 70.6 Å². The Morgan fingerprint density at radius 1 is 0.917 bits per heavy atom. The molecule has 0 bridgehead atoms. The maximum Gasteiger partial charge on any atom is -0.00771 e. The first kappa shape index (κ1) is 20.2. The molecule has 0 aliphatic heterocycles. The van der Waals surface area contributed by atoms with Crippen molar-refractivity contribution >= 4 is 0 Å². The van der Waals surface area contributed by atoms with Crippen LogP contribution in [0, 0.1) is 28.1 Å². The minimum Gasteiger partial charge on any atom is -0.330 e. The first-order chi connectivity index (χ1) is 11.3. The summed E-state index contributed by atoms with van der Waals surface area (Å²) in [6, 6.07) is 0. The summed E-state index contributed by atoms with van der Waals surface area (Å²) in [6.07, 6.45) is 15.0. The van der Waals surface area contributed by atoms with Crippen LogP contribution >= 0.6 is 0 Å². The Hall–Kier alpha value is -0.0800. The molecule has 2 nitrogen and oxygen atoms in total. The number of hydrogen-bond donors (Lipinski definition) is 2. The molecule has 0 aromatic rings. The van der Waals surface area contributed by atoms with Crippen LogP contribution in [0.15, 0.2) is 0 Å². The average molecular weight is 337 g/mol. The maximum absolute atomic E-state index is 5.97. The van der Waals surface area contributed by atoms with Crippen molar-refractivity contribution in [3.05, 3.63) is 0 Å². The van der Waals surface area contributed by atoms with Gasteiger partial charge in [0.25, 0.3) is 0 Å². The minimum atomic E-state index is 0.426. The Morgan fingerprint density at radius 3 is 2.25 bits per heavy atom. The first-order valence-electron chi connectivity index (χ1n) is 10.7. The highest BCUT2D eigenvalue weighted by atomic mass is 14.6. The van der Waals surface area contributed by atoms with Gasteiger partial charge >= 0.3 is 0 Å². The van der Waals surface area contributed by atoms with Crippen LogP contribution in [0.5, 0.6) is 0 Å². The molecule has 2 rings (SSSR count). The molecule has 4 atom stereocenters. The molecule has 24 heavy (non-hydrogen) atoms. The summed E-state index contributed by atoms with van der Waals surface area (Å²) in [5.74, 6) is 1.72. The Kier molecular flexibility index (Phi) is 6.81. The summed E-state index contributed by atoms with van der Waals surface area (Å²) in [4.78, 5) is 0. The largest absolute Gasteiger partial charge is 0.330 e. The molecule has 142 valence electrons. The lowest BCUT2D eigenvalue weighted by atomic mass is 9.41. The van der Waals surface area contributed by atoms with Gasteiger partial charge in [-0.05, 0) is 86.1 Å². The zero-order valence-electron chi connectivity index (χ0n) is 17.0. The lowest BCUT2D eigenvalue weighted by molar-refractivity contribution is -0.145. The summed E-state index contributed by atoms with van der Waals surface area (Å²) < 4.78 is 0. The van der Waals surface area contributed by atoms with Gasteiger partial charge in [-0.3, -0.25) is 0 Å². The summed E-state index contributed by atoms with van der Waals surface area (Å²) in [6.45, 7) is 12.0. The van der Waals surface area contributed by atoms with Crippen LogP contribution < -0.4 is 11.5 Å². The Balaban J connectivity index is 2.31. The Morgan fingerprint density at radius 2 is 1.58 bits per heavy atom. The fraction of sp³-hybridized carbons (Fsp3) is 1.00. The quantitative estimate of drug-likeness (QED) is 0.645. The Labute approximate surface area is 151 Å². The van der Waals surface area contributed by atoms with E-state index in [1.54, 1.807) is 0 Å². The maximum atomic E-state index is 5.97. The third-order valence-corrected chi connectivity index (χ3v) is 8.76. The molecule has 2 saturated carbocycles. The van der Waals surface area contributed by atoms with Gasteiger partial charge in [0.15, 0.2) is 0 Å². The van der Waals surface area contributed by atoms with Gasteiger partial charge in [0.2, 0.25) is 0 Å². The van der Waals surface area contributed by atoms with Gasteiger partial charge in [-0.15, -0.1) is 0 Å². The molecule has 0 heterocycles. The van der Waals surface area contributed by atoms with Crippen molar-refractivity contribution in [1.29, 1.82) is 0 Å². The molecule has 0 radical (unpaired) electrons. The van der Waals surface area contributed by atoms with E-state index in [1.807, 2.05) is 0 Å². The molecule has 0 saturated heterocycles. The second-order valence-electron chi connectivity index (χ2n) is 9.91. The summed E-state index contributed by atoms with van der Waals surface area (Å²) in [5.41, 5.74) is 13.2. The molecular weight excluding hydrogens is 292 g/mol. The number of nitrogens with two attached hydrogens (primary N) is 2. The van der Waals surface area contributed by atoms with E-state index >= 15 is 0 Å². The van der Waals surface area contributed by atoms with Crippen LogP contribution in [0.2, 0.25) is 0 Å². The van der Waals surface area contributed by atoms with E-state index in [2.05, 4.69) is 27.7 Å². The van der Waals surface area contributed by atoms with E-state index in [9.17, 15) is 0 Å². The van der Waals surface area contributed by atoms with Crippen molar-refractivity contribution in [1.82, 2.24) is 0 Å². The van der Waals surface area contributed by atoms with E-state index in [0.29, 0.717) is 16.2 Å². The SMILES string of the molecule is CC1CCCC(C)(C2(CCCN)CCCC(CCCN)C2)C1(C)C. The standard InChI is InChI=1S/C22H44N2/c1-18-9-5-12-21(4,20(18,2)3)22(14-8-16-24)13-6-10-19(17-22)11-7-15-23/h18-19H,5-17,23-24H2,1-4H3. The second kappa shape index (κ2) is 8.08. The molecule has 2 fully saturated rings. The van der Waals surface area contributed by atoms with Gasteiger partial charge in [0.1, 0.15) is 0 Å². The molecule has 2 aliphatic rings. The lowest BCUT2D eigenvalue weighted by Crippen LogP contribution is -2.55. The molecule has 0 spiro atoms. The van der Waals surface area contributed by atoms with Gasteiger partial charge in [-0.1, -0.05) is 53.4 Å². The van der Waals surface area contributed by atoms with E-state index in [-0.39, 0.29) is 0 Å². The summed E-state index contributed by atoms with van der Waals surface area (Å²) in [7, 11) is 0. The first-order valence-corrected chi connectivity index (χ1v) is 10.7. The van der Waals surface area contributed by atoms with Gasteiger partial charge in [-0.25, -0.2) is 0 Å². The fourth-order valence-electron chi connectivity index (χ4n) is 6.52. The van der Waals surface area contributed by atoms with Crippen LogP contribution in [0.4, 0.5) is 0 Å². The fourth-order valence-corrected chi connectivity index (χ4v) is 6.52. The van der Waals surface area contributed by atoms with Crippen molar-refractivity contribution in [2.45, 2.75) is 98.3 Å². The molecule has 2 heteroatoms. The van der Waals surface area contributed by atoms with Crippen molar-refractivity contribution in [3.63, 3.8) is 0 Å². The zero-order valence-corrected chi connectivity index (χ0v) is 17.0. The molecule has 0 amide bonds. The van der Waals surface area contributed by atoms with E-state index in [0.717, 1.165) is 24.9 Å². The highest BCUT2D eigenvalue weighted by Gasteiger charge is 2.58. The molecule has 4 unspecified atom stereocenters. The molecule has 0 aromatic carbocycles. The van der Waals surface area contributed by atoms with Crippen LogP contribution in [0.3, 0.4) is 0 Å². The third-order valence-electron chi connectivity index (χ3n) is 8.76. The van der Waals surface area contributed by atoms with Gasteiger partial charge in [0.05, 0.1) is 0 Å². The van der Waals surface area contributed by atoms with E-state index in [4.69, 9.17) is 11.5 Å². The normalized spacial score (nSPS) is 39.8. The topological polar surface area (TPSA) is 52.0 Å². The Bertz CT molecular complexity index is 391. The summed E-state index contributed by atoms with van der Waals surface area (Å²) >= 11 is 0. The van der Waals surface area contributed by atoms with Crippen LogP contribution in [0.25, 0.3) is 0 Å². The average Bonchev–Trinajstić information content (AvgIpc) is 2.56. The summed E-state index contributed by atoms with van der Waals surface area (Å²) in [5, 5.41) is 0.